The van der Waals surface area contributed by atoms with Gasteiger partial charge < -0.3 is 9.30 Å². The molecule has 0 bridgehead atoms. The molecule has 0 N–H and O–H groups in total. The van der Waals surface area contributed by atoms with Gasteiger partial charge in [-0.25, -0.2) is 4.98 Å². The molecule has 0 spiro atoms. The first-order valence-corrected chi connectivity index (χ1v) is 7.39. The summed E-state index contributed by atoms with van der Waals surface area (Å²) in [7, 11) is 1.68. The summed E-state index contributed by atoms with van der Waals surface area (Å²) in [6.45, 7) is 6.89. The number of allylic oxidation sites excluding steroid dienone is 1. The maximum atomic E-state index is 5.21. The van der Waals surface area contributed by atoms with E-state index in [2.05, 4.69) is 41.5 Å². The molecule has 0 fully saturated rings. The number of para-hydroxylation sites is 2. The summed E-state index contributed by atoms with van der Waals surface area (Å²) in [5.41, 5.74) is 4.54. The highest BCUT2D eigenvalue weighted by molar-refractivity contribution is 5.76. The largest absolute Gasteiger partial charge is 0.497 e. The number of aromatic nitrogens is 2. The molecular formula is C19H20N2O. The van der Waals surface area contributed by atoms with Crippen LogP contribution in [0.2, 0.25) is 0 Å². The average Bonchev–Trinajstić information content (AvgIpc) is 2.85. The molecule has 0 amide bonds. The van der Waals surface area contributed by atoms with Crippen LogP contribution in [0.15, 0.2) is 60.7 Å². The molecule has 0 saturated carbocycles. The second-order valence-electron chi connectivity index (χ2n) is 5.58. The van der Waals surface area contributed by atoms with Gasteiger partial charge in [-0.15, -0.1) is 0 Å². The van der Waals surface area contributed by atoms with Gasteiger partial charge in [-0.05, 0) is 36.8 Å². The van der Waals surface area contributed by atoms with Gasteiger partial charge in [-0.1, -0.05) is 36.4 Å². The van der Waals surface area contributed by atoms with E-state index in [0.29, 0.717) is 0 Å². The lowest BCUT2D eigenvalue weighted by Crippen LogP contribution is -2.05. The third-order valence-electron chi connectivity index (χ3n) is 3.68. The fraction of sp³-hybridized carbons (Fsp3) is 0.211. The topological polar surface area (TPSA) is 27.1 Å². The van der Waals surface area contributed by atoms with Crippen LogP contribution in [0.1, 0.15) is 18.3 Å². The number of benzene rings is 2. The highest BCUT2D eigenvalue weighted by Crippen LogP contribution is 2.20. The lowest BCUT2D eigenvalue weighted by molar-refractivity contribution is 0.414. The summed E-state index contributed by atoms with van der Waals surface area (Å²) in [5, 5.41) is 0. The number of ether oxygens (including phenoxy) is 1. The third-order valence-corrected chi connectivity index (χ3v) is 3.68. The minimum Gasteiger partial charge on any atom is -0.497 e. The van der Waals surface area contributed by atoms with Gasteiger partial charge in [-0.3, -0.25) is 0 Å². The van der Waals surface area contributed by atoms with Crippen LogP contribution in [0.3, 0.4) is 0 Å². The van der Waals surface area contributed by atoms with Crippen LogP contribution in [0.4, 0.5) is 0 Å². The number of imidazole rings is 1. The number of methoxy groups -OCH3 is 1. The van der Waals surface area contributed by atoms with Gasteiger partial charge in [0.2, 0.25) is 0 Å². The first-order chi connectivity index (χ1) is 10.7. The predicted molar refractivity (Wildman–Crippen MR) is 90.3 cm³/mol. The van der Waals surface area contributed by atoms with E-state index < -0.39 is 0 Å². The second-order valence-corrected chi connectivity index (χ2v) is 5.58. The zero-order valence-electron chi connectivity index (χ0n) is 13.0. The van der Waals surface area contributed by atoms with Crippen molar-refractivity contribution >= 4 is 11.0 Å². The Hall–Kier alpha value is -2.55. The van der Waals surface area contributed by atoms with Crippen LogP contribution in [0.5, 0.6) is 5.75 Å². The molecule has 112 valence electrons. The molecule has 1 aromatic heterocycles. The summed E-state index contributed by atoms with van der Waals surface area (Å²) in [6.07, 6.45) is 0.798. The zero-order valence-corrected chi connectivity index (χ0v) is 13.0. The van der Waals surface area contributed by atoms with E-state index in [1.807, 2.05) is 25.1 Å². The standard InChI is InChI=1S/C19H20N2O/c1-14(2)13-21-18-7-5-4-6-17(18)20-19(21)12-15-8-10-16(22-3)11-9-15/h4-11H,1,12-13H2,2-3H3. The van der Waals surface area contributed by atoms with Crippen LogP contribution < -0.4 is 4.74 Å². The SMILES string of the molecule is C=C(C)Cn1c(Cc2ccc(OC)cc2)nc2ccccc21. The molecule has 3 rings (SSSR count). The van der Waals surface area contributed by atoms with Gasteiger partial charge in [0.25, 0.3) is 0 Å². The van der Waals surface area contributed by atoms with E-state index in [4.69, 9.17) is 9.72 Å². The van der Waals surface area contributed by atoms with Crippen LogP contribution >= 0.6 is 0 Å². The number of fused-ring (bicyclic) bond motifs is 1. The van der Waals surface area contributed by atoms with Crippen LogP contribution in [0.25, 0.3) is 11.0 Å². The molecular weight excluding hydrogens is 272 g/mol. The monoisotopic (exact) mass is 292 g/mol. The third kappa shape index (κ3) is 2.89. The van der Waals surface area contributed by atoms with Crippen molar-refractivity contribution in [1.82, 2.24) is 9.55 Å². The molecule has 0 atom stereocenters. The summed E-state index contributed by atoms with van der Waals surface area (Å²) in [6, 6.07) is 16.4. The van der Waals surface area contributed by atoms with Crippen molar-refractivity contribution in [2.75, 3.05) is 7.11 Å². The summed E-state index contributed by atoms with van der Waals surface area (Å²) >= 11 is 0. The Labute approximate surface area is 130 Å². The number of rotatable bonds is 5. The molecule has 0 saturated heterocycles. The lowest BCUT2D eigenvalue weighted by Gasteiger charge is -2.09. The van der Waals surface area contributed by atoms with Crippen LogP contribution in [0, 0.1) is 0 Å². The Morgan fingerprint density at radius 1 is 1.14 bits per heavy atom. The van der Waals surface area contributed by atoms with E-state index in [1.54, 1.807) is 7.11 Å². The van der Waals surface area contributed by atoms with Crippen LogP contribution in [-0.2, 0) is 13.0 Å². The Balaban J connectivity index is 1.99. The van der Waals surface area contributed by atoms with Gasteiger partial charge in [0.1, 0.15) is 11.6 Å². The molecule has 0 unspecified atom stereocenters. The minimum absolute atomic E-state index is 0.798. The lowest BCUT2D eigenvalue weighted by atomic mass is 10.1. The number of hydrogen-bond donors (Lipinski definition) is 0. The molecule has 0 aliphatic rings. The maximum absolute atomic E-state index is 5.21. The summed E-state index contributed by atoms with van der Waals surface area (Å²) in [5.74, 6) is 1.94. The average molecular weight is 292 g/mol. The van der Waals surface area contributed by atoms with E-state index in [0.717, 1.165) is 41.1 Å². The van der Waals surface area contributed by atoms with Crippen molar-refractivity contribution in [1.29, 1.82) is 0 Å². The fourth-order valence-electron chi connectivity index (χ4n) is 2.63. The summed E-state index contributed by atoms with van der Waals surface area (Å²) < 4.78 is 7.46. The van der Waals surface area contributed by atoms with E-state index in [1.165, 1.54) is 5.56 Å². The van der Waals surface area contributed by atoms with Gasteiger partial charge in [0.15, 0.2) is 0 Å². The van der Waals surface area contributed by atoms with Crippen molar-refractivity contribution < 1.29 is 4.74 Å². The molecule has 3 nitrogen and oxygen atoms in total. The number of nitrogens with zero attached hydrogens (tertiary/aromatic N) is 2. The Morgan fingerprint density at radius 2 is 1.86 bits per heavy atom. The van der Waals surface area contributed by atoms with Crippen LogP contribution in [-0.4, -0.2) is 16.7 Å². The van der Waals surface area contributed by atoms with Crippen molar-refractivity contribution in [2.45, 2.75) is 19.9 Å². The zero-order chi connectivity index (χ0) is 15.5. The number of hydrogen-bond acceptors (Lipinski definition) is 2. The van der Waals surface area contributed by atoms with Gasteiger partial charge >= 0.3 is 0 Å². The molecule has 3 aromatic rings. The van der Waals surface area contributed by atoms with Gasteiger partial charge in [0.05, 0.1) is 18.1 Å². The first-order valence-electron chi connectivity index (χ1n) is 7.39. The van der Waals surface area contributed by atoms with E-state index >= 15 is 0 Å². The fourth-order valence-corrected chi connectivity index (χ4v) is 2.63. The Morgan fingerprint density at radius 3 is 2.55 bits per heavy atom. The molecule has 2 aromatic carbocycles. The second kappa shape index (κ2) is 6.06. The Kier molecular flexibility index (Phi) is 3.96. The molecule has 3 heteroatoms. The normalized spacial score (nSPS) is 10.8. The van der Waals surface area contributed by atoms with Gasteiger partial charge in [-0.2, -0.15) is 0 Å². The highest BCUT2D eigenvalue weighted by atomic mass is 16.5. The highest BCUT2D eigenvalue weighted by Gasteiger charge is 2.11. The molecule has 0 aliphatic carbocycles. The Bertz CT molecular complexity index is 800. The molecule has 1 heterocycles. The molecule has 22 heavy (non-hydrogen) atoms. The minimum atomic E-state index is 0.798. The smallest absolute Gasteiger partial charge is 0.118 e. The summed E-state index contributed by atoms with van der Waals surface area (Å²) in [4.78, 5) is 4.79. The maximum Gasteiger partial charge on any atom is 0.118 e. The van der Waals surface area contributed by atoms with Crippen molar-refractivity contribution in [3.05, 3.63) is 72.1 Å². The van der Waals surface area contributed by atoms with E-state index in [9.17, 15) is 0 Å². The van der Waals surface area contributed by atoms with E-state index in [-0.39, 0.29) is 0 Å². The predicted octanol–water partition coefficient (Wildman–Crippen LogP) is 4.21. The molecule has 0 radical (unpaired) electrons. The van der Waals surface area contributed by atoms with Crippen molar-refractivity contribution in [2.24, 2.45) is 0 Å². The molecule has 0 aliphatic heterocycles. The van der Waals surface area contributed by atoms with Crippen molar-refractivity contribution in [3.8, 4) is 5.75 Å². The van der Waals surface area contributed by atoms with Gasteiger partial charge in [0, 0.05) is 13.0 Å². The van der Waals surface area contributed by atoms with Crippen molar-refractivity contribution in [3.63, 3.8) is 0 Å². The quantitative estimate of drug-likeness (QED) is 0.659. The first kappa shape index (κ1) is 14.4.